The Kier molecular flexibility index (Phi) is 5.71. The number of rotatable bonds is 7. The first-order chi connectivity index (χ1) is 8.54. The fourth-order valence-corrected chi connectivity index (χ4v) is 2.29. The molecule has 0 aliphatic heterocycles. The maximum atomic E-state index is 10.6. The van der Waals surface area contributed by atoms with E-state index in [9.17, 15) is 10.1 Å². The molecule has 98 valence electrons. The molecule has 1 unspecified atom stereocenters. The van der Waals surface area contributed by atoms with Gasteiger partial charge < -0.3 is 4.90 Å². The van der Waals surface area contributed by atoms with Crippen LogP contribution in [0.1, 0.15) is 17.3 Å². The van der Waals surface area contributed by atoms with Crippen LogP contribution in [0.4, 0.5) is 5.00 Å². The second-order valence-electron chi connectivity index (χ2n) is 4.11. The molecule has 6 nitrogen and oxygen atoms in total. The second-order valence-corrected chi connectivity index (χ2v) is 5.20. The van der Waals surface area contributed by atoms with Gasteiger partial charge in [0.25, 0.3) is 0 Å². The van der Waals surface area contributed by atoms with E-state index in [0.717, 1.165) is 24.3 Å². The number of thiophene rings is 1. The minimum atomic E-state index is -0.467. The van der Waals surface area contributed by atoms with E-state index in [4.69, 9.17) is 5.26 Å². The lowest BCUT2D eigenvalue weighted by Gasteiger charge is -2.12. The molecule has 0 saturated heterocycles. The van der Waals surface area contributed by atoms with Gasteiger partial charge in [0.05, 0.1) is 11.0 Å². The molecule has 1 N–H and O–H groups in total. The third-order valence-corrected chi connectivity index (χ3v) is 3.44. The van der Waals surface area contributed by atoms with Crippen LogP contribution in [0.3, 0.4) is 0 Å². The largest absolute Gasteiger partial charge is 0.324 e. The van der Waals surface area contributed by atoms with Crippen molar-refractivity contribution >= 4 is 16.3 Å². The maximum absolute atomic E-state index is 10.6. The van der Waals surface area contributed by atoms with E-state index in [1.165, 1.54) is 6.07 Å². The van der Waals surface area contributed by atoms with E-state index in [2.05, 4.69) is 16.3 Å². The third kappa shape index (κ3) is 4.41. The van der Waals surface area contributed by atoms with Crippen LogP contribution < -0.4 is 5.32 Å². The van der Waals surface area contributed by atoms with Gasteiger partial charge in [-0.25, -0.2) is 0 Å². The molecule has 1 aromatic rings. The Bertz CT molecular complexity index is 438. The number of nitro groups is 1. The van der Waals surface area contributed by atoms with Crippen molar-refractivity contribution in [2.45, 2.75) is 12.5 Å². The molecule has 0 fully saturated rings. The molecule has 0 spiro atoms. The van der Waals surface area contributed by atoms with Crippen molar-refractivity contribution < 1.29 is 4.92 Å². The van der Waals surface area contributed by atoms with Crippen LogP contribution in [-0.4, -0.2) is 37.0 Å². The van der Waals surface area contributed by atoms with Gasteiger partial charge in [0, 0.05) is 10.9 Å². The van der Waals surface area contributed by atoms with E-state index in [1.807, 2.05) is 14.1 Å². The van der Waals surface area contributed by atoms with E-state index >= 15 is 0 Å². The summed E-state index contributed by atoms with van der Waals surface area (Å²) >= 11 is 1.04. The molecule has 0 amide bonds. The van der Waals surface area contributed by atoms with Gasteiger partial charge in [0.15, 0.2) is 0 Å². The summed E-state index contributed by atoms with van der Waals surface area (Å²) in [5.74, 6) is 0. The Morgan fingerprint density at radius 3 is 2.83 bits per heavy atom. The summed E-state index contributed by atoms with van der Waals surface area (Å²) in [6, 6.07) is 4.73. The lowest BCUT2D eigenvalue weighted by atomic mass is 10.2. The Morgan fingerprint density at radius 1 is 1.61 bits per heavy atom. The molecule has 0 aromatic carbocycles. The second kappa shape index (κ2) is 7.06. The Balaban J connectivity index is 2.50. The Hall–Kier alpha value is -1.49. The van der Waals surface area contributed by atoms with Crippen molar-refractivity contribution in [3.8, 4) is 6.07 Å². The molecule has 0 aliphatic rings. The molecular weight excluding hydrogens is 252 g/mol. The van der Waals surface area contributed by atoms with Gasteiger partial charge in [-0.05, 0) is 39.7 Å². The highest BCUT2D eigenvalue weighted by atomic mass is 32.1. The van der Waals surface area contributed by atoms with Crippen LogP contribution in [0.5, 0.6) is 0 Å². The summed E-state index contributed by atoms with van der Waals surface area (Å²) in [6.45, 7) is 1.65. The lowest BCUT2D eigenvalue weighted by molar-refractivity contribution is -0.380. The standard InChI is InChI=1S/C11H16N4O2S/c1-14(2)7-3-6-13-9(8-12)10-4-5-11(18-10)15(16)17/h4-5,9,13H,3,6-7H2,1-2H3. The fourth-order valence-electron chi connectivity index (χ4n) is 1.45. The molecule has 7 heteroatoms. The normalized spacial score (nSPS) is 12.3. The topological polar surface area (TPSA) is 82.2 Å². The SMILES string of the molecule is CN(C)CCCNC(C#N)c1ccc([N+](=O)[O-])s1. The highest BCUT2D eigenvalue weighted by molar-refractivity contribution is 7.15. The average molecular weight is 268 g/mol. The monoisotopic (exact) mass is 268 g/mol. The van der Waals surface area contributed by atoms with Gasteiger partial charge in [0.2, 0.25) is 0 Å². The predicted octanol–water partition coefficient (Wildman–Crippen LogP) is 1.76. The quantitative estimate of drug-likeness (QED) is 0.463. The van der Waals surface area contributed by atoms with Crippen LogP contribution in [0.15, 0.2) is 12.1 Å². The highest BCUT2D eigenvalue weighted by Crippen LogP contribution is 2.28. The summed E-state index contributed by atoms with van der Waals surface area (Å²) in [6.07, 6.45) is 0.929. The van der Waals surface area contributed by atoms with Crippen molar-refractivity contribution in [3.63, 3.8) is 0 Å². The first-order valence-corrected chi connectivity index (χ1v) is 6.38. The van der Waals surface area contributed by atoms with Crippen molar-refractivity contribution in [2.75, 3.05) is 27.2 Å². The van der Waals surface area contributed by atoms with E-state index < -0.39 is 11.0 Å². The zero-order chi connectivity index (χ0) is 13.5. The lowest BCUT2D eigenvalue weighted by Crippen LogP contribution is -2.24. The molecule has 0 radical (unpaired) electrons. The third-order valence-electron chi connectivity index (χ3n) is 2.34. The molecule has 1 heterocycles. The van der Waals surface area contributed by atoms with Crippen LogP contribution >= 0.6 is 11.3 Å². The van der Waals surface area contributed by atoms with Gasteiger partial charge >= 0.3 is 5.00 Å². The van der Waals surface area contributed by atoms with Gasteiger partial charge in [0.1, 0.15) is 6.04 Å². The Labute approximate surface area is 110 Å². The van der Waals surface area contributed by atoms with Crippen molar-refractivity contribution in [2.24, 2.45) is 0 Å². The average Bonchev–Trinajstić information content (AvgIpc) is 2.78. The molecule has 18 heavy (non-hydrogen) atoms. The zero-order valence-corrected chi connectivity index (χ0v) is 11.2. The highest BCUT2D eigenvalue weighted by Gasteiger charge is 2.16. The first-order valence-electron chi connectivity index (χ1n) is 5.56. The fraction of sp³-hybridized carbons (Fsp3) is 0.545. The smallest absolute Gasteiger partial charge is 0.309 e. The number of hydrogen-bond donors (Lipinski definition) is 1. The predicted molar refractivity (Wildman–Crippen MR) is 70.5 cm³/mol. The molecular formula is C11H16N4O2S. The van der Waals surface area contributed by atoms with Crippen LogP contribution in [0, 0.1) is 21.4 Å². The van der Waals surface area contributed by atoms with Gasteiger partial charge in [-0.15, -0.1) is 0 Å². The molecule has 1 rings (SSSR count). The van der Waals surface area contributed by atoms with E-state index in [1.54, 1.807) is 6.07 Å². The Morgan fingerprint density at radius 2 is 2.33 bits per heavy atom. The minimum Gasteiger partial charge on any atom is -0.309 e. The van der Waals surface area contributed by atoms with Crippen LogP contribution in [-0.2, 0) is 0 Å². The van der Waals surface area contributed by atoms with Gasteiger partial charge in [-0.3, -0.25) is 15.4 Å². The maximum Gasteiger partial charge on any atom is 0.324 e. The number of hydrogen-bond acceptors (Lipinski definition) is 6. The van der Waals surface area contributed by atoms with Gasteiger partial charge in [-0.2, -0.15) is 5.26 Å². The summed E-state index contributed by atoms with van der Waals surface area (Å²) < 4.78 is 0. The van der Waals surface area contributed by atoms with Crippen molar-refractivity contribution in [3.05, 3.63) is 27.1 Å². The van der Waals surface area contributed by atoms with E-state index in [-0.39, 0.29) is 5.00 Å². The molecule has 0 aliphatic carbocycles. The first kappa shape index (κ1) is 14.6. The van der Waals surface area contributed by atoms with Crippen LogP contribution in [0.25, 0.3) is 0 Å². The molecule has 1 aromatic heterocycles. The number of nitrogens with one attached hydrogen (secondary N) is 1. The van der Waals surface area contributed by atoms with Crippen molar-refractivity contribution in [1.82, 2.24) is 10.2 Å². The molecule has 0 bridgehead atoms. The van der Waals surface area contributed by atoms with Crippen molar-refractivity contribution in [1.29, 1.82) is 5.26 Å². The van der Waals surface area contributed by atoms with Crippen LogP contribution in [0.2, 0.25) is 0 Å². The summed E-state index contributed by atoms with van der Waals surface area (Å²) in [7, 11) is 3.98. The number of nitrogens with zero attached hydrogens (tertiary/aromatic N) is 3. The summed E-state index contributed by atoms with van der Waals surface area (Å²) in [4.78, 5) is 12.9. The minimum absolute atomic E-state index is 0.0698. The zero-order valence-electron chi connectivity index (χ0n) is 10.4. The van der Waals surface area contributed by atoms with Gasteiger partial charge in [-0.1, -0.05) is 11.3 Å². The molecule has 0 saturated carbocycles. The molecule has 1 atom stereocenters. The van der Waals surface area contributed by atoms with E-state index in [0.29, 0.717) is 11.4 Å². The number of nitriles is 1. The summed E-state index contributed by atoms with van der Waals surface area (Å²) in [5.41, 5.74) is 0. The summed E-state index contributed by atoms with van der Waals surface area (Å²) in [5, 5.41) is 22.8.